The SMILES string of the molecule is C=CCc1cccc(/C=N/NC(=O)N2CCN(Cc3ccccc3)CC2)c1O. The van der Waals surface area contributed by atoms with Crippen LogP contribution in [0.15, 0.2) is 66.3 Å². The van der Waals surface area contributed by atoms with Gasteiger partial charge in [-0.15, -0.1) is 6.58 Å². The van der Waals surface area contributed by atoms with Crippen molar-refractivity contribution >= 4 is 12.2 Å². The maximum Gasteiger partial charge on any atom is 0.337 e. The van der Waals surface area contributed by atoms with Gasteiger partial charge >= 0.3 is 6.03 Å². The van der Waals surface area contributed by atoms with E-state index in [0.29, 0.717) is 25.1 Å². The van der Waals surface area contributed by atoms with Gasteiger partial charge in [-0.3, -0.25) is 4.90 Å². The van der Waals surface area contributed by atoms with E-state index in [0.717, 1.165) is 25.2 Å². The van der Waals surface area contributed by atoms with Gasteiger partial charge in [-0.2, -0.15) is 5.10 Å². The second-order valence-corrected chi connectivity index (χ2v) is 6.77. The van der Waals surface area contributed by atoms with Gasteiger partial charge in [-0.1, -0.05) is 48.5 Å². The van der Waals surface area contributed by atoms with Crippen molar-refractivity contribution in [3.05, 3.63) is 77.9 Å². The highest BCUT2D eigenvalue weighted by Gasteiger charge is 2.20. The Morgan fingerprint density at radius 2 is 1.86 bits per heavy atom. The second kappa shape index (κ2) is 9.71. The first-order valence-corrected chi connectivity index (χ1v) is 9.43. The van der Waals surface area contributed by atoms with Crippen molar-refractivity contribution in [1.82, 2.24) is 15.2 Å². The number of amides is 2. The summed E-state index contributed by atoms with van der Waals surface area (Å²) in [6.45, 7) is 7.56. The Morgan fingerprint density at radius 1 is 1.11 bits per heavy atom. The summed E-state index contributed by atoms with van der Waals surface area (Å²) in [6.07, 6.45) is 3.77. The van der Waals surface area contributed by atoms with Gasteiger partial charge in [0.25, 0.3) is 0 Å². The Balaban J connectivity index is 1.48. The number of carbonyl (C=O) groups is 1. The predicted molar refractivity (Wildman–Crippen MR) is 111 cm³/mol. The largest absolute Gasteiger partial charge is 0.507 e. The van der Waals surface area contributed by atoms with E-state index in [2.05, 4.69) is 34.1 Å². The first-order chi connectivity index (χ1) is 13.7. The smallest absolute Gasteiger partial charge is 0.337 e. The average molecular weight is 378 g/mol. The van der Waals surface area contributed by atoms with Gasteiger partial charge in [-0.05, 0) is 23.6 Å². The molecule has 0 bridgehead atoms. The molecular weight excluding hydrogens is 352 g/mol. The number of benzene rings is 2. The van der Waals surface area contributed by atoms with E-state index in [1.165, 1.54) is 11.8 Å². The molecule has 6 heteroatoms. The van der Waals surface area contributed by atoms with Crippen molar-refractivity contribution in [1.29, 1.82) is 0 Å². The van der Waals surface area contributed by atoms with E-state index >= 15 is 0 Å². The molecule has 0 unspecified atom stereocenters. The highest BCUT2D eigenvalue weighted by atomic mass is 16.3. The van der Waals surface area contributed by atoms with Crippen LogP contribution < -0.4 is 5.43 Å². The molecule has 0 radical (unpaired) electrons. The molecule has 6 nitrogen and oxygen atoms in total. The molecule has 2 aromatic rings. The number of rotatable bonds is 6. The zero-order valence-corrected chi connectivity index (χ0v) is 15.9. The van der Waals surface area contributed by atoms with Crippen LogP contribution >= 0.6 is 0 Å². The minimum Gasteiger partial charge on any atom is -0.507 e. The molecule has 0 aromatic heterocycles. The zero-order valence-electron chi connectivity index (χ0n) is 15.9. The van der Waals surface area contributed by atoms with Crippen molar-refractivity contribution in [2.24, 2.45) is 5.10 Å². The van der Waals surface area contributed by atoms with E-state index in [-0.39, 0.29) is 11.8 Å². The molecule has 146 valence electrons. The number of phenolic OH excluding ortho intramolecular Hbond substituents is 1. The third-order valence-electron chi connectivity index (χ3n) is 4.79. The molecule has 1 aliphatic heterocycles. The predicted octanol–water partition coefficient (Wildman–Crippen LogP) is 2.98. The summed E-state index contributed by atoms with van der Waals surface area (Å²) in [5.74, 6) is 0.162. The van der Waals surface area contributed by atoms with Crippen LogP contribution in [0.3, 0.4) is 0 Å². The Labute approximate surface area is 165 Å². The van der Waals surface area contributed by atoms with Gasteiger partial charge < -0.3 is 10.0 Å². The average Bonchev–Trinajstić information content (AvgIpc) is 2.72. The summed E-state index contributed by atoms with van der Waals surface area (Å²) in [5, 5.41) is 14.2. The van der Waals surface area contributed by atoms with Gasteiger partial charge in [0.2, 0.25) is 0 Å². The third-order valence-corrected chi connectivity index (χ3v) is 4.79. The molecular formula is C22H26N4O2. The maximum absolute atomic E-state index is 12.3. The maximum atomic E-state index is 12.3. The van der Waals surface area contributed by atoms with Crippen LogP contribution in [0.5, 0.6) is 5.75 Å². The first kappa shape index (κ1) is 19.6. The Hall–Kier alpha value is -3.12. The number of hydrogen-bond donors (Lipinski definition) is 2. The Bertz CT molecular complexity index is 828. The van der Waals surface area contributed by atoms with E-state index in [1.807, 2.05) is 30.3 Å². The minimum atomic E-state index is -0.225. The fourth-order valence-electron chi connectivity index (χ4n) is 3.21. The molecule has 0 spiro atoms. The lowest BCUT2D eigenvalue weighted by atomic mass is 10.1. The lowest BCUT2D eigenvalue weighted by Gasteiger charge is -2.34. The fraction of sp³-hybridized carbons (Fsp3) is 0.273. The van der Waals surface area contributed by atoms with Crippen LogP contribution in [0.1, 0.15) is 16.7 Å². The molecule has 3 rings (SSSR count). The summed E-state index contributed by atoms with van der Waals surface area (Å²) in [5.41, 5.74) is 5.17. The van der Waals surface area contributed by atoms with Crippen LogP contribution in [-0.4, -0.2) is 53.3 Å². The molecule has 1 fully saturated rings. The number of phenols is 1. The highest BCUT2D eigenvalue weighted by Crippen LogP contribution is 2.21. The van der Waals surface area contributed by atoms with Gasteiger partial charge in [0, 0.05) is 38.3 Å². The lowest BCUT2D eigenvalue weighted by molar-refractivity contribution is 0.135. The minimum absolute atomic E-state index is 0.162. The zero-order chi connectivity index (χ0) is 19.8. The number of piperazine rings is 1. The van der Waals surface area contributed by atoms with E-state index in [9.17, 15) is 9.90 Å². The summed E-state index contributed by atoms with van der Waals surface area (Å²) in [7, 11) is 0. The van der Waals surface area contributed by atoms with E-state index in [1.54, 1.807) is 17.0 Å². The van der Waals surface area contributed by atoms with Crippen LogP contribution in [0, 0.1) is 0 Å². The number of nitrogens with zero attached hydrogens (tertiary/aromatic N) is 3. The van der Waals surface area contributed by atoms with E-state index < -0.39 is 0 Å². The molecule has 1 aliphatic rings. The third kappa shape index (κ3) is 5.20. The topological polar surface area (TPSA) is 68.2 Å². The van der Waals surface area contributed by atoms with Crippen LogP contribution in [0.2, 0.25) is 0 Å². The Morgan fingerprint density at radius 3 is 2.57 bits per heavy atom. The highest BCUT2D eigenvalue weighted by molar-refractivity contribution is 5.85. The van der Waals surface area contributed by atoms with Crippen molar-refractivity contribution in [2.75, 3.05) is 26.2 Å². The number of para-hydroxylation sites is 1. The standard InChI is InChI=1S/C22H26N4O2/c1-2-7-19-10-6-11-20(21(19)27)16-23-24-22(28)26-14-12-25(13-15-26)17-18-8-4-3-5-9-18/h2-6,8-11,16,27H,1,7,12-15,17H2,(H,24,28)/b23-16+. The van der Waals surface area contributed by atoms with Gasteiger partial charge in [0.15, 0.2) is 0 Å². The van der Waals surface area contributed by atoms with Crippen LogP contribution in [0.25, 0.3) is 0 Å². The molecule has 2 aromatic carbocycles. The first-order valence-electron chi connectivity index (χ1n) is 9.43. The van der Waals surface area contributed by atoms with Gasteiger partial charge in [-0.25, -0.2) is 10.2 Å². The summed E-state index contributed by atoms with van der Waals surface area (Å²) >= 11 is 0. The molecule has 28 heavy (non-hydrogen) atoms. The fourth-order valence-corrected chi connectivity index (χ4v) is 3.21. The number of hydrazone groups is 1. The molecule has 2 N–H and O–H groups in total. The van der Waals surface area contributed by atoms with Crippen LogP contribution in [-0.2, 0) is 13.0 Å². The lowest BCUT2D eigenvalue weighted by Crippen LogP contribution is -2.50. The molecule has 2 amide bonds. The van der Waals surface area contributed by atoms with E-state index in [4.69, 9.17) is 0 Å². The van der Waals surface area contributed by atoms with Crippen molar-refractivity contribution < 1.29 is 9.90 Å². The Kier molecular flexibility index (Phi) is 6.81. The number of aromatic hydroxyl groups is 1. The second-order valence-electron chi connectivity index (χ2n) is 6.77. The van der Waals surface area contributed by atoms with Crippen molar-refractivity contribution in [2.45, 2.75) is 13.0 Å². The van der Waals surface area contributed by atoms with Gasteiger partial charge in [0.1, 0.15) is 5.75 Å². The summed E-state index contributed by atoms with van der Waals surface area (Å²) < 4.78 is 0. The van der Waals surface area contributed by atoms with Gasteiger partial charge in [0.05, 0.1) is 6.21 Å². The normalized spacial score (nSPS) is 14.9. The van der Waals surface area contributed by atoms with Crippen molar-refractivity contribution in [3.63, 3.8) is 0 Å². The number of carbonyl (C=O) groups excluding carboxylic acids is 1. The molecule has 0 saturated carbocycles. The number of nitrogens with one attached hydrogen (secondary N) is 1. The molecule has 0 atom stereocenters. The monoisotopic (exact) mass is 378 g/mol. The molecule has 1 heterocycles. The quantitative estimate of drug-likeness (QED) is 0.461. The van der Waals surface area contributed by atoms with Crippen molar-refractivity contribution in [3.8, 4) is 5.75 Å². The summed E-state index contributed by atoms with van der Waals surface area (Å²) in [4.78, 5) is 16.4. The summed E-state index contributed by atoms with van der Waals surface area (Å²) in [6, 6.07) is 15.5. The number of hydrogen-bond acceptors (Lipinski definition) is 4. The number of allylic oxidation sites excluding steroid dienone is 1. The van der Waals surface area contributed by atoms with Crippen LogP contribution in [0.4, 0.5) is 4.79 Å². The number of urea groups is 1. The molecule has 0 aliphatic carbocycles. The molecule has 1 saturated heterocycles.